The van der Waals surface area contributed by atoms with Crippen LogP contribution in [0.1, 0.15) is 40.5 Å². The highest BCUT2D eigenvalue weighted by molar-refractivity contribution is 4.93. The quantitative estimate of drug-likeness (QED) is 0.685. The third kappa shape index (κ3) is 6.60. The molecular weight excluding hydrogens is 160 g/mol. The minimum atomic E-state index is -0.230. The Bertz CT molecular complexity index is 167. The van der Waals surface area contributed by atoms with Crippen molar-refractivity contribution in [3.05, 3.63) is 0 Å². The van der Waals surface area contributed by atoms with Crippen LogP contribution in [0.25, 0.3) is 0 Å². The Morgan fingerprint density at radius 1 is 1.46 bits per heavy atom. The minimum absolute atomic E-state index is 0.230. The first-order valence-corrected chi connectivity index (χ1v) is 5.14. The maximum absolute atomic E-state index is 8.77. The van der Waals surface area contributed by atoms with Crippen molar-refractivity contribution in [3.8, 4) is 6.07 Å². The number of nitriles is 1. The van der Waals surface area contributed by atoms with Gasteiger partial charge in [0.15, 0.2) is 0 Å². The summed E-state index contributed by atoms with van der Waals surface area (Å²) in [6, 6.07) is 2.28. The minimum Gasteiger partial charge on any atom is -0.315 e. The Morgan fingerprint density at radius 3 is 2.54 bits per heavy atom. The summed E-state index contributed by atoms with van der Waals surface area (Å²) in [5.74, 6) is 0.722. The molecule has 2 nitrogen and oxygen atoms in total. The molecule has 76 valence electrons. The zero-order valence-corrected chi connectivity index (χ0v) is 9.35. The molecule has 0 aromatic rings. The second-order valence-corrected chi connectivity index (χ2v) is 4.52. The Balaban J connectivity index is 3.51. The fourth-order valence-corrected chi connectivity index (χ4v) is 1.27. The van der Waals surface area contributed by atoms with Crippen LogP contribution in [-0.4, -0.2) is 13.1 Å². The van der Waals surface area contributed by atoms with E-state index in [4.69, 9.17) is 5.26 Å². The third-order valence-corrected chi connectivity index (χ3v) is 2.14. The van der Waals surface area contributed by atoms with E-state index in [1.165, 1.54) is 12.8 Å². The summed E-state index contributed by atoms with van der Waals surface area (Å²) in [6.45, 7) is 10.2. The van der Waals surface area contributed by atoms with Gasteiger partial charge in [0.1, 0.15) is 0 Å². The van der Waals surface area contributed by atoms with E-state index in [1.807, 2.05) is 13.8 Å². The lowest BCUT2D eigenvalue weighted by atomic mass is 9.95. The SMILES string of the molecule is CCCC(C)CNCC(C)(C)C#N. The van der Waals surface area contributed by atoms with E-state index in [2.05, 4.69) is 25.2 Å². The smallest absolute Gasteiger partial charge is 0.0697 e. The summed E-state index contributed by atoms with van der Waals surface area (Å²) < 4.78 is 0. The van der Waals surface area contributed by atoms with Crippen LogP contribution in [0.2, 0.25) is 0 Å². The van der Waals surface area contributed by atoms with E-state index in [-0.39, 0.29) is 5.41 Å². The highest BCUT2D eigenvalue weighted by Crippen LogP contribution is 2.11. The zero-order chi connectivity index (χ0) is 10.3. The van der Waals surface area contributed by atoms with Gasteiger partial charge in [0.05, 0.1) is 11.5 Å². The van der Waals surface area contributed by atoms with E-state index >= 15 is 0 Å². The van der Waals surface area contributed by atoms with Gasteiger partial charge in [-0.1, -0.05) is 20.3 Å². The van der Waals surface area contributed by atoms with Crippen molar-refractivity contribution in [3.63, 3.8) is 0 Å². The van der Waals surface area contributed by atoms with Crippen LogP contribution in [0.3, 0.4) is 0 Å². The second-order valence-electron chi connectivity index (χ2n) is 4.52. The van der Waals surface area contributed by atoms with E-state index in [0.717, 1.165) is 19.0 Å². The van der Waals surface area contributed by atoms with Gasteiger partial charge in [-0.15, -0.1) is 0 Å². The average molecular weight is 182 g/mol. The summed E-state index contributed by atoms with van der Waals surface area (Å²) in [7, 11) is 0. The summed E-state index contributed by atoms with van der Waals surface area (Å²) in [6.07, 6.45) is 2.50. The van der Waals surface area contributed by atoms with Crippen molar-refractivity contribution < 1.29 is 0 Å². The third-order valence-electron chi connectivity index (χ3n) is 2.14. The van der Waals surface area contributed by atoms with Crippen molar-refractivity contribution in [2.45, 2.75) is 40.5 Å². The lowest BCUT2D eigenvalue weighted by Crippen LogP contribution is -2.31. The van der Waals surface area contributed by atoms with E-state index < -0.39 is 0 Å². The molecule has 1 atom stereocenters. The lowest BCUT2D eigenvalue weighted by Gasteiger charge is -2.18. The molecule has 0 heterocycles. The first kappa shape index (κ1) is 12.4. The van der Waals surface area contributed by atoms with Crippen LogP contribution >= 0.6 is 0 Å². The largest absolute Gasteiger partial charge is 0.315 e. The first-order valence-electron chi connectivity index (χ1n) is 5.14. The second kappa shape index (κ2) is 5.99. The van der Waals surface area contributed by atoms with Gasteiger partial charge in [-0.3, -0.25) is 0 Å². The van der Waals surface area contributed by atoms with Crippen LogP contribution in [-0.2, 0) is 0 Å². The summed E-state index contributed by atoms with van der Waals surface area (Å²) in [5, 5.41) is 12.1. The molecule has 0 rings (SSSR count). The van der Waals surface area contributed by atoms with E-state index in [0.29, 0.717) is 0 Å². The predicted octanol–water partition coefficient (Wildman–Crippen LogP) is 2.56. The van der Waals surface area contributed by atoms with Crippen molar-refractivity contribution in [1.29, 1.82) is 5.26 Å². The molecule has 1 N–H and O–H groups in total. The van der Waals surface area contributed by atoms with Gasteiger partial charge in [0.2, 0.25) is 0 Å². The van der Waals surface area contributed by atoms with Gasteiger partial charge < -0.3 is 5.32 Å². The highest BCUT2D eigenvalue weighted by atomic mass is 14.9. The standard InChI is InChI=1S/C11H22N2/c1-5-6-10(2)7-13-9-11(3,4)8-12/h10,13H,5-7,9H2,1-4H3. The molecule has 0 amide bonds. The van der Waals surface area contributed by atoms with Gasteiger partial charge in [-0.25, -0.2) is 0 Å². The van der Waals surface area contributed by atoms with Crippen molar-refractivity contribution in [2.75, 3.05) is 13.1 Å². The zero-order valence-electron chi connectivity index (χ0n) is 9.35. The summed E-state index contributed by atoms with van der Waals surface area (Å²) >= 11 is 0. The van der Waals surface area contributed by atoms with Crippen LogP contribution in [0.4, 0.5) is 0 Å². The Labute approximate surface area is 82.3 Å². The molecule has 13 heavy (non-hydrogen) atoms. The maximum Gasteiger partial charge on any atom is 0.0697 e. The Hall–Kier alpha value is -0.550. The number of hydrogen-bond acceptors (Lipinski definition) is 2. The Kier molecular flexibility index (Phi) is 5.73. The molecule has 0 aliphatic carbocycles. The van der Waals surface area contributed by atoms with Crippen molar-refractivity contribution >= 4 is 0 Å². The van der Waals surface area contributed by atoms with Crippen molar-refractivity contribution in [1.82, 2.24) is 5.32 Å². The number of rotatable bonds is 6. The molecule has 1 unspecified atom stereocenters. The number of nitrogens with zero attached hydrogens (tertiary/aromatic N) is 1. The normalized spacial score (nSPS) is 13.8. The van der Waals surface area contributed by atoms with Crippen LogP contribution in [0, 0.1) is 22.7 Å². The fraction of sp³-hybridized carbons (Fsp3) is 0.909. The van der Waals surface area contributed by atoms with Gasteiger partial charge >= 0.3 is 0 Å². The van der Waals surface area contributed by atoms with Gasteiger partial charge in [0, 0.05) is 6.54 Å². The number of hydrogen-bond donors (Lipinski definition) is 1. The van der Waals surface area contributed by atoms with Gasteiger partial charge in [-0.2, -0.15) is 5.26 Å². The topological polar surface area (TPSA) is 35.8 Å². The van der Waals surface area contributed by atoms with Crippen LogP contribution in [0.5, 0.6) is 0 Å². The highest BCUT2D eigenvalue weighted by Gasteiger charge is 2.15. The van der Waals surface area contributed by atoms with Crippen LogP contribution in [0.15, 0.2) is 0 Å². The van der Waals surface area contributed by atoms with E-state index in [1.54, 1.807) is 0 Å². The number of nitrogens with one attached hydrogen (secondary N) is 1. The molecule has 0 saturated carbocycles. The Morgan fingerprint density at radius 2 is 2.08 bits per heavy atom. The fourth-order valence-electron chi connectivity index (χ4n) is 1.27. The molecule has 0 fully saturated rings. The average Bonchev–Trinajstić information content (AvgIpc) is 2.05. The molecule has 2 heteroatoms. The predicted molar refractivity (Wildman–Crippen MR) is 56.3 cm³/mol. The molecule has 0 saturated heterocycles. The summed E-state index contributed by atoms with van der Waals surface area (Å²) in [4.78, 5) is 0. The van der Waals surface area contributed by atoms with Gasteiger partial charge in [0.25, 0.3) is 0 Å². The summed E-state index contributed by atoms with van der Waals surface area (Å²) in [5.41, 5.74) is -0.230. The lowest BCUT2D eigenvalue weighted by molar-refractivity contribution is 0.403. The molecular formula is C11H22N2. The van der Waals surface area contributed by atoms with Crippen molar-refractivity contribution in [2.24, 2.45) is 11.3 Å². The van der Waals surface area contributed by atoms with Crippen LogP contribution < -0.4 is 5.32 Å². The molecule has 0 bridgehead atoms. The molecule has 0 aliphatic heterocycles. The monoisotopic (exact) mass is 182 g/mol. The van der Waals surface area contributed by atoms with Gasteiger partial charge in [-0.05, 0) is 32.7 Å². The molecule has 0 aromatic heterocycles. The first-order chi connectivity index (χ1) is 6.02. The molecule has 0 radical (unpaired) electrons. The molecule has 0 spiro atoms. The molecule has 0 aromatic carbocycles. The van der Waals surface area contributed by atoms with E-state index in [9.17, 15) is 0 Å². The maximum atomic E-state index is 8.77. The molecule has 0 aliphatic rings.